The minimum Gasteiger partial charge on any atom is -0.368 e. The van der Waals surface area contributed by atoms with Crippen LogP contribution in [-0.2, 0) is 11.3 Å². The molecule has 0 spiro atoms. The molecule has 0 saturated carbocycles. The van der Waals surface area contributed by atoms with Crippen molar-refractivity contribution < 1.29 is 9.18 Å². The smallest absolute Gasteiger partial charge is 0.223 e. The van der Waals surface area contributed by atoms with Crippen LogP contribution in [0.15, 0.2) is 54.6 Å². The lowest BCUT2D eigenvalue weighted by Gasteiger charge is -2.36. The predicted molar refractivity (Wildman–Crippen MR) is 107 cm³/mol. The Bertz CT molecular complexity index is 712. The van der Waals surface area contributed by atoms with E-state index in [9.17, 15) is 9.18 Å². The summed E-state index contributed by atoms with van der Waals surface area (Å²) in [4.78, 5) is 19.1. The summed E-state index contributed by atoms with van der Waals surface area (Å²) in [6.07, 6.45) is 0.553. The zero-order valence-corrected chi connectivity index (χ0v) is 16.0. The first-order valence-corrected chi connectivity index (χ1v) is 9.70. The van der Waals surface area contributed by atoms with Gasteiger partial charge in [-0.15, -0.1) is 0 Å². The number of hydrogen-bond acceptors (Lipinski definition) is 3. The fourth-order valence-corrected chi connectivity index (χ4v) is 3.47. The van der Waals surface area contributed by atoms with Crippen LogP contribution in [0.1, 0.15) is 18.9 Å². The molecule has 0 aliphatic carbocycles. The van der Waals surface area contributed by atoms with Gasteiger partial charge in [-0.2, -0.15) is 0 Å². The van der Waals surface area contributed by atoms with Crippen molar-refractivity contribution in [2.24, 2.45) is 0 Å². The molecular formula is C22H28FN3O. The van der Waals surface area contributed by atoms with Gasteiger partial charge in [-0.3, -0.25) is 9.69 Å². The van der Waals surface area contributed by atoms with Crippen LogP contribution in [0, 0.1) is 5.82 Å². The number of halogens is 1. The van der Waals surface area contributed by atoms with Crippen molar-refractivity contribution in [2.75, 3.05) is 44.2 Å². The van der Waals surface area contributed by atoms with Crippen molar-refractivity contribution in [3.05, 3.63) is 66.0 Å². The molecule has 0 N–H and O–H groups in total. The van der Waals surface area contributed by atoms with Crippen LogP contribution >= 0.6 is 0 Å². The molecule has 0 unspecified atom stereocenters. The molecule has 0 radical (unpaired) electrons. The van der Waals surface area contributed by atoms with Crippen LogP contribution < -0.4 is 4.90 Å². The highest BCUT2D eigenvalue weighted by Gasteiger charge is 2.21. The number of anilines is 1. The Labute approximate surface area is 161 Å². The number of piperazine rings is 1. The van der Waals surface area contributed by atoms with Crippen LogP contribution in [0.4, 0.5) is 10.1 Å². The lowest BCUT2D eigenvalue weighted by Crippen LogP contribution is -2.49. The van der Waals surface area contributed by atoms with E-state index in [-0.39, 0.29) is 11.7 Å². The van der Waals surface area contributed by atoms with Crippen molar-refractivity contribution in [3.63, 3.8) is 0 Å². The SMILES string of the molecule is CCN(CCC(=O)N1CCN(c2ccc(F)cc2)CC1)Cc1ccccc1. The van der Waals surface area contributed by atoms with Gasteiger partial charge in [0, 0.05) is 51.4 Å². The molecule has 2 aromatic rings. The van der Waals surface area contributed by atoms with Crippen molar-refractivity contribution in [1.82, 2.24) is 9.80 Å². The van der Waals surface area contributed by atoms with E-state index in [2.05, 4.69) is 41.0 Å². The predicted octanol–water partition coefficient (Wildman–Crippen LogP) is 3.39. The van der Waals surface area contributed by atoms with E-state index in [1.54, 1.807) is 12.1 Å². The van der Waals surface area contributed by atoms with Gasteiger partial charge >= 0.3 is 0 Å². The highest BCUT2D eigenvalue weighted by atomic mass is 19.1. The Balaban J connectivity index is 1.44. The molecule has 1 aliphatic heterocycles. The third-order valence-electron chi connectivity index (χ3n) is 5.16. The van der Waals surface area contributed by atoms with Gasteiger partial charge in [-0.05, 0) is 36.4 Å². The van der Waals surface area contributed by atoms with E-state index in [4.69, 9.17) is 0 Å². The summed E-state index contributed by atoms with van der Waals surface area (Å²) in [7, 11) is 0. The maximum atomic E-state index is 13.1. The van der Waals surface area contributed by atoms with Gasteiger partial charge in [-0.25, -0.2) is 4.39 Å². The standard InChI is InChI=1S/C22H28FN3O/c1-2-24(18-19-6-4-3-5-7-19)13-12-22(27)26-16-14-25(15-17-26)21-10-8-20(23)9-11-21/h3-11H,2,12-18H2,1H3. The Morgan fingerprint density at radius 2 is 1.67 bits per heavy atom. The van der Waals surface area contributed by atoms with E-state index in [0.29, 0.717) is 6.42 Å². The Hall–Kier alpha value is -2.40. The number of carbonyl (C=O) groups excluding carboxylic acids is 1. The maximum Gasteiger partial charge on any atom is 0.223 e. The zero-order chi connectivity index (χ0) is 19.1. The normalized spacial score (nSPS) is 14.6. The Morgan fingerprint density at radius 1 is 1.00 bits per heavy atom. The van der Waals surface area contributed by atoms with E-state index < -0.39 is 0 Å². The number of hydrogen-bond donors (Lipinski definition) is 0. The molecule has 5 heteroatoms. The summed E-state index contributed by atoms with van der Waals surface area (Å²) in [6.45, 7) is 7.75. The Kier molecular flexibility index (Phi) is 6.82. The van der Waals surface area contributed by atoms with Crippen molar-refractivity contribution >= 4 is 11.6 Å². The quantitative estimate of drug-likeness (QED) is 0.749. The highest BCUT2D eigenvalue weighted by Crippen LogP contribution is 2.17. The van der Waals surface area contributed by atoms with Gasteiger partial charge in [0.25, 0.3) is 0 Å². The number of amides is 1. The molecule has 3 rings (SSSR count). The van der Waals surface area contributed by atoms with Crippen LogP contribution in [0.25, 0.3) is 0 Å². The van der Waals surface area contributed by atoms with E-state index in [0.717, 1.165) is 51.5 Å². The van der Waals surface area contributed by atoms with Crippen LogP contribution in [0.2, 0.25) is 0 Å². The summed E-state index contributed by atoms with van der Waals surface area (Å²) >= 11 is 0. The van der Waals surface area contributed by atoms with Gasteiger partial charge in [-0.1, -0.05) is 37.3 Å². The number of carbonyl (C=O) groups is 1. The maximum absolute atomic E-state index is 13.1. The average molecular weight is 369 g/mol. The second-order valence-corrected chi connectivity index (χ2v) is 6.95. The zero-order valence-electron chi connectivity index (χ0n) is 16.0. The molecule has 0 atom stereocenters. The summed E-state index contributed by atoms with van der Waals surface area (Å²) < 4.78 is 13.1. The Morgan fingerprint density at radius 3 is 2.30 bits per heavy atom. The molecule has 1 fully saturated rings. The van der Waals surface area contributed by atoms with Crippen molar-refractivity contribution in [2.45, 2.75) is 19.9 Å². The first-order valence-electron chi connectivity index (χ1n) is 9.70. The molecule has 2 aromatic carbocycles. The van der Waals surface area contributed by atoms with Gasteiger partial charge < -0.3 is 9.80 Å². The topological polar surface area (TPSA) is 26.8 Å². The summed E-state index contributed by atoms with van der Waals surface area (Å²) in [5.74, 6) is 0.00353. The lowest BCUT2D eigenvalue weighted by molar-refractivity contribution is -0.131. The lowest BCUT2D eigenvalue weighted by atomic mass is 10.2. The summed E-state index contributed by atoms with van der Waals surface area (Å²) in [5.41, 5.74) is 2.29. The molecule has 0 aromatic heterocycles. The van der Waals surface area contributed by atoms with E-state index in [1.165, 1.54) is 17.7 Å². The van der Waals surface area contributed by atoms with Crippen molar-refractivity contribution in [1.29, 1.82) is 0 Å². The molecule has 1 heterocycles. The van der Waals surface area contributed by atoms with Gasteiger partial charge in [0.15, 0.2) is 0 Å². The van der Waals surface area contributed by atoms with Crippen LogP contribution in [0.5, 0.6) is 0 Å². The van der Waals surface area contributed by atoms with E-state index in [1.807, 2.05) is 11.0 Å². The summed E-state index contributed by atoms with van der Waals surface area (Å²) in [6, 6.07) is 16.9. The van der Waals surface area contributed by atoms with Gasteiger partial charge in [0.2, 0.25) is 5.91 Å². The first-order chi connectivity index (χ1) is 13.2. The molecule has 144 valence electrons. The molecule has 1 amide bonds. The first kappa shape index (κ1) is 19.4. The minimum atomic E-state index is -0.219. The third kappa shape index (κ3) is 5.54. The summed E-state index contributed by atoms with van der Waals surface area (Å²) in [5, 5.41) is 0. The number of rotatable bonds is 7. The molecule has 4 nitrogen and oxygen atoms in total. The minimum absolute atomic E-state index is 0.219. The second-order valence-electron chi connectivity index (χ2n) is 6.95. The molecular weight excluding hydrogens is 341 g/mol. The number of nitrogens with zero attached hydrogens (tertiary/aromatic N) is 3. The molecule has 1 aliphatic rings. The van der Waals surface area contributed by atoms with Crippen molar-refractivity contribution in [3.8, 4) is 0 Å². The fourth-order valence-electron chi connectivity index (χ4n) is 3.47. The highest BCUT2D eigenvalue weighted by molar-refractivity contribution is 5.76. The number of benzene rings is 2. The monoisotopic (exact) mass is 369 g/mol. The second kappa shape index (κ2) is 9.51. The fraction of sp³-hybridized carbons (Fsp3) is 0.409. The molecule has 0 bridgehead atoms. The van der Waals surface area contributed by atoms with Gasteiger partial charge in [0.1, 0.15) is 5.82 Å². The van der Waals surface area contributed by atoms with Crippen LogP contribution in [0.3, 0.4) is 0 Å². The van der Waals surface area contributed by atoms with E-state index >= 15 is 0 Å². The molecule has 1 saturated heterocycles. The molecule has 27 heavy (non-hydrogen) atoms. The largest absolute Gasteiger partial charge is 0.368 e. The van der Waals surface area contributed by atoms with Crippen LogP contribution in [-0.4, -0.2) is 55.0 Å². The van der Waals surface area contributed by atoms with Gasteiger partial charge in [0.05, 0.1) is 0 Å². The average Bonchev–Trinajstić information content (AvgIpc) is 2.72. The third-order valence-corrected chi connectivity index (χ3v) is 5.16.